The molecule has 3 aromatic rings. The van der Waals surface area contributed by atoms with Crippen molar-refractivity contribution < 1.29 is 19.2 Å². The first kappa shape index (κ1) is 14.5. The van der Waals surface area contributed by atoms with Gasteiger partial charge < -0.3 is 14.4 Å². The van der Waals surface area contributed by atoms with E-state index >= 15 is 0 Å². The predicted molar refractivity (Wildman–Crippen MR) is 81.7 cm³/mol. The minimum absolute atomic E-state index is 0.110. The summed E-state index contributed by atoms with van der Waals surface area (Å²) in [6.07, 6.45) is 0. The number of hydrogen-bond donors (Lipinski definition) is 1. The summed E-state index contributed by atoms with van der Waals surface area (Å²) in [5, 5.41) is 12.2. The van der Waals surface area contributed by atoms with Crippen molar-refractivity contribution in [2.75, 3.05) is 0 Å². The maximum atomic E-state index is 10.7. The van der Waals surface area contributed by atoms with Crippen LogP contribution in [-0.2, 0) is 18.0 Å². The lowest BCUT2D eigenvalue weighted by Gasteiger charge is -1.99. The summed E-state index contributed by atoms with van der Waals surface area (Å²) in [6, 6.07) is 15.6. The maximum absolute atomic E-state index is 10.7. The molecule has 2 heterocycles. The molecule has 0 saturated heterocycles. The molecule has 1 aromatic carbocycles. The summed E-state index contributed by atoms with van der Waals surface area (Å²) >= 11 is 1.67. The van der Waals surface area contributed by atoms with Gasteiger partial charge in [-0.3, -0.25) is 0 Å². The predicted octanol–water partition coefficient (Wildman–Crippen LogP) is 3.82. The lowest BCUT2D eigenvalue weighted by Crippen LogP contribution is -1.95. The fourth-order valence-corrected chi connectivity index (χ4v) is 2.90. The van der Waals surface area contributed by atoms with Crippen LogP contribution < -0.4 is 0 Å². The molecule has 0 amide bonds. The van der Waals surface area contributed by atoms with Crippen molar-refractivity contribution in [3.63, 3.8) is 0 Å². The number of aromatic nitrogens is 1. The largest absolute Gasteiger partial charge is 0.476 e. The molecule has 0 aliphatic carbocycles. The van der Waals surface area contributed by atoms with Gasteiger partial charge in [0.25, 0.3) is 0 Å². The van der Waals surface area contributed by atoms with E-state index in [0.29, 0.717) is 12.4 Å². The molecule has 5 nitrogen and oxygen atoms in total. The van der Waals surface area contributed by atoms with Gasteiger partial charge in [-0.1, -0.05) is 35.5 Å². The summed E-state index contributed by atoms with van der Waals surface area (Å²) in [5.41, 5.74) is 1.07. The highest BCUT2D eigenvalue weighted by atomic mass is 32.1. The number of carboxylic acids is 1. The van der Waals surface area contributed by atoms with Crippen molar-refractivity contribution in [2.24, 2.45) is 0 Å². The second-order valence-corrected chi connectivity index (χ2v) is 5.78. The number of benzene rings is 1. The van der Waals surface area contributed by atoms with Gasteiger partial charge in [-0.25, -0.2) is 4.79 Å². The summed E-state index contributed by atoms with van der Waals surface area (Å²) < 4.78 is 10.4. The third-order valence-electron chi connectivity index (χ3n) is 2.99. The van der Waals surface area contributed by atoms with Crippen LogP contribution in [0.4, 0.5) is 0 Å². The van der Waals surface area contributed by atoms with Crippen LogP contribution in [0.2, 0.25) is 0 Å². The van der Waals surface area contributed by atoms with Crippen LogP contribution in [0.5, 0.6) is 0 Å². The molecular weight excluding hydrogens is 302 g/mol. The van der Waals surface area contributed by atoms with E-state index in [1.165, 1.54) is 16.5 Å². The van der Waals surface area contributed by atoms with Gasteiger partial charge in [-0.2, -0.15) is 0 Å². The molecule has 0 atom stereocenters. The molecule has 22 heavy (non-hydrogen) atoms. The molecule has 0 unspecified atom stereocenters. The SMILES string of the molecule is O=C(O)c1cc(COCc2ccc(-c3ccccc3)s2)on1. The molecule has 0 spiro atoms. The average Bonchev–Trinajstić information content (AvgIpc) is 3.18. The van der Waals surface area contributed by atoms with E-state index in [1.807, 2.05) is 24.3 Å². The topological polar surface area (TPSA) is 72.6 Å². The van der Waals surface area contributed by atoms with Crippen molar-refractivity contribution in [3.8, 4) is 10.4 Å². The van der Waals surface area contributed by atoms with E-state index in [1.54, 1.807) is 11.3 Å². The average molecular weight is 315 g/mol. The first-order chi connectivity index (χ1) is 10.7. The van der Waals surface area contributed by atoms with Crippen molar-refractivity contribution in [1.82, 2.24) is 5.16 Å². The molecule has 6 heteroatoms. The molecule has 0 aliphatic rings. The number of thiophene rings is 1. The molecule has 3 rings (SSSR count). The molecule has 1 N–H and O–H groups in total. The van der Waals surface area contributed by atoms with E-state index in [-0.39, 0.29) is 12.3 Å². The van der Waals surface area contributed by atoms with E-state index < -0.39 is 5.97 Å². The number of aromatic carboxylic acids is 1. The molecule has 0 fully saturated rings. The van der Waals surface area contributed by atoms with Crippen LogP contribution in [0.1, 0.15) is 21.1 Å². The number of carbonyl (C=O) groups is 1. The molecule has 0 radical (unpaired) electrons. The zero-order chi connectivity index (χ0) is 15.4. The van der Waals surface area contributed by atoms with Gasteiger partial charge in [0, 0.05) is 15.8 Å². The maximum Gasteiger partial charge on any atom is 0.358 e. The fourth-order valence-electron chi connectivity index (χ4n) is 1.95. The summed E-state index contributed by atoms with van der Waals surface area (Å²) in [6.45, 7) is 0.638. The lowest BCUT2D eigenvalue weighted by atomic mass is 10.2. The van der Waals surface area contributed by atoms with Gasteiger partial charge in [-0.15, -0.1) is 11.3 Å². The van der Waals surface area contributed by atoms with Crippen LogP contribution in [0, 0.1) is 0 Å². The molecule has 2 aromatic heterocycles. The molecule has 112 valence electrons. The molecular formula is C16H13NO4S. The van der Waals surface area contributed by atoms with E-state index in [9.17, 15) is 4.79 Å². The van der Waals surface area contributed by atoms with Gasteiger partial charge >= 0.3 is 5.97 Å². The van der Waals surface area contributed by atoms with E-state index in [2.05, 4.69) is 23.4 Å². The number of hydrogen-bond acceptors (Lipinski definition) is 5. The van der Waals surface area contributed by atoms with Gasteiger partial charge in [0.05, 0.1) is 6.61 Å². The standard InChI is InChI=1S/C16H13NO4S/c18-16(19)14-8-12(21-17-14)9-20-10-13-6-7-15(22-13)11-4-2-1-3-5-11/h1-8H,9-10H2,(H,18,19). The Bertz CT molecular complexity index is 763. The first-order valence-electron chi connectivity index (χ1n) is 6.63. The fraction of sp³-hybridized carbons (Fsp3) is 0.125. The summed E-state index contributed by atoms with van der Waals surface area (Å²) in [4.78, 5) is 13.0. The zero-order valence-corrected chi connectivity index (χ0v) is 12.4. The van der Waals surface area contributed by atoms with Crippen LogP contribution >= 0.6 is 11.3 Å². The number of ether oxygens (including phenoxy) is 1. The van der Waals surface area contributed by atoms with Gasteiger partial charge in [0.2, 0.25) is 0 Å². The molecule has 0 bridgehead atoms. The highest BCUT2D eigenvalue weighted by Gasteiger charge is 2.10. The van der Waals surface area contributed by atoms with Gasteiger partial charge in [0.1, 0.15) is 6.61 Å². The van der Waals surface area contributed by atoms with Crippen molar-refractivity contribution in [3.05, 3.63) is 64.9 Å². The van der Waals surface area contributed by atoms with E-state index in [0.717, 1.165) is 4.88 Å². The van der Waals surface area contributed by atoms with Crippen molar-refractivity contribution in [1.29, 1.82) is 0 Å². The number of carboxylic acid groups (broad SMARTS) is 1. The lowest BCUT2D eigenvalue weighted by molar-refractivity contribution is 0.0683. The Morgan fingerprint density at radius 1 is 1.18 bits per heavy atom. The zero-order valence-electron chi connectivity index (χ0n) is 11.6. The monoisotopic (exact) mass is 315 g/mol. The Balaban J connectivity index is 1.56. The summed E-state index contributed by atoms with van der Waals surface area (Å²) in [5.74, 6) is -0.710. The Kier molecular flexibility index (Phi) is 4.32. The second kappa shape index (κ2) is 6.55. The smallest absolute Gasteiger partial charge is 0.358 e. The quantitative estimate of drug-likeness (QED) is 0.748. The minimum Gasteiger partial charge on any atom is -0.476 e. The van der Waals surface area contributed by atoms with Crippen LogP contribution in [0.15, 0.2) is 53.1 Å². The number of nitrogens with zero attached hydrogens (tertiary/aromatic N) is 1. The van der Waals surface area contributed by atoms with Crippen molar-refractivity contribution in [2.45, 2.75) is 13.2 Å². The Labute approximate surface area is 130 Å². The Hall–Kier alpha value is -2.44. The van der Waals surface area contributed by atoms with Crippen LogP contribution in [0.3, 0.4) is 0 Å². The van der Waals surface area contributed by atoms with Gasteiger partial charge in [-0.05, 0) is 17.7 Å². The second-order valence-electron chi connectivity index (χ2n) is 4.61. The Morgan fingerprint density at radius 2 is 2.00 bits per heavy atom. The highest BCUT2D eigenvalue weighted by molar-refractivity contribution is 7.15. The van der Waals surface area contributed by atoms with Crippen LogP contribution in [0.25, 0.3) is 10.4 Å². The van der Waals surface area contributed by atoms with Crippen molar-refractivity contribution >= 4 is 17.3 Å². The molecule has 0 aliphatic heterocycles. The van der Waals surface area contributed by atoms with E-state index in [4.69, 9.17) is 14.4 Å². The third-order valence-corrected chi connectivity index (χ3v) is 4.09. The summed E-state index contributed by atoms with van der Waals surface area (Å²) in [7, 11) is 0. The number of rotatable bonds is 6. The Morgan fingerprint density at radius 3 is 2.73 bits per heavy atom. The molecule has 0 saturated carbocycles. The van der Waals surface area contributed by atoms with Crippen LogP contribution in [-0.4, -0.2) is 16.2 Å². The minimum atomic E-state index is -1.11. The third kappa shape index (κ3) is 3.41. The highest BCUT2D eigenvalue weighted by Crippen LogP contribution is 2.28. The normalized spacial score (nSPS) is 10.7. The van der Waals surface area contributed by atoms with Gasteiger partial charge in [0.15, 0.2) is 11.5 Å². The first-order valence-corrected chi connectivity index (χ1v) is 7.45.